The van der Waals surface area contributed by atoms with Gasteiger partial charge >= 0.3 is 24.0 Å². The highest BCUT2D eigenvalue weighted by Gasteiger charge is 2.20. The summed E-state index contributed by atoms with van der Waals surface area (Å²) in [6.45, 7) is 0.972. The minimum Gasteiger partial charge on any atom is -0.480 e. The smallest absolute Gasteiger partial charge is 0.407 e. The second-order valence-electron chi connectivity index (χ2n) is 8.92. The number of benzene rings is 2. The van der Waals surface area contributed by atoms with E-state index in [4.69, 9.17) is 37.3 Å². The van der Waals surface area contributed by atoms with E-state index < -0.39 is 41.6 Å². The number of nitrogens with zero attached hydrogens (tertiary/aromatic N) is 2. The Hall–Kier alpha value is -5.49. The molecule has 0 radical (unpaired) electrons. The number of ether oxygens (including phenoxy) is 1. The quantitative estimate of drug-likeness (QED) is 0.0505. The van der Waals surface area contributed by atoms with E-state index >= 15 is 0 Å². The van der Waals surface area contributed by atoms with Crippen LogP contribution < -0.4 is 33.3 Å². The van der Waals surface area contributed by atoms with Gasteiger partial charge in [-0.25, -0.2) is 14.9 Å². The van der Waals surface area contributed by atoms with E-state index in [0.717, 1.165) is 24.9 Å². The molecule has 18 nitrogen and oxygen atoms in total. The summed E-state index contributed by atoms with van der Waals surface area (Å²) in [7, 11) is 0. The van der Waals surface area contributed by atoms with Crippen LogP contribution in [0.4, 0.5) is 10.5 Å². The molecule has 2 atom stereocenters. The van der Waals surface area contributed by atoms with Crippen LogP contribution in [0.2, 0.25) is 0 Å². The number of hydrazine groups is 1. The molecule has 1 fully saturated rings. The Morgan fingerprint density at radius 1 is 1.04 bits per heavy atom. The number of carboxylic acids is 3. The number of carboxylic acid groups (broad SMARTS) is 3. The predicted molar refractivity (Wildman–Crippen MR) is 164 cm³/mol. The molecule has 0 spiro atoms. The summed E-state index contributed by atoms with van der Waals surface area (Å²) in [6, 6.07) is 16.5. The van der Waals surface area contributed by atoms with Crippen molar-refractivity contribution in [1.82, 2.24) is 10.6 Å². The third-order valence-corrected chi connectivity index (χ3v) is 5.23. The molecule has 1 amide bonds. The molecule has 1 aliphatic rings. The zero-order valence-electron chi connectivity index (χ0n) is 24.4. The number of hydrogen-bond donors (Lipinski definition) is 9. The van der Waals surface area contributed by atoms with Gasteiger partial charge in [0.25, 0.3) is 0 Å². The van der Waals surface area contributed by atoms with Crippen LogP contribution in [0.5, 0.6) is 0 Å². The number of carbonyl (C=O) groups excluding carboxylic acids is 1. The Kier molecular flexibility index (Phi) is 21.1. The Morgan fingerprint density at radius 2 is 1.64 bits per heavy atom. The first-order chi connectivity index (χ1) is 21.3. The fourth-order valence-corrected chi connectivity index (χ4v) is 3.08. The molecular formula is C27H40N8O10. The highest BCUT2D eigenvalue weighted by atomic mass is 16.7. The number of alkyl carbamates (subject to hydrolysis) is 1. The van der Waals surface area contributed by atoms with E-state index in [2.05, 4.69) is 15.6 Å². The van der Waals surface area contributed by atoms with Crippen LogP contribution in [0, 0.1) is 10.1 Å². The predicted octanol–water partition coefficient (Wildman–Crippen LogP) is 0.563. The van der Waals surface area contributed by atoms with Gasteiger partial charge in [-0.1, -0.05) is 48.5 Å². The summed E-state index contributed by atoms with van der Waals surface area (Å²) in [5.41, 5.74) is 18.7. The van der Waals surface area contributed by atoms with Crippen molar-refractivity contribution < 1.29 is 44.3 Å². The van der Waals surface area contributed by atoms with Gasteiger partial charge in [-0.3, -0.25) is 19.4 Å². The molecule has 1 aliphatic heterocycles. The highest BCUT2D eigenvalue weighted by Crippen LogP contribution is 2.04. The highest BCUT2D eigenvalue weighted by molar-refractivity contribution is 5.76. The SMILES string of the molecule is NC(N)=NCCC[C@H](N)C(=O)O.O=C(O)CNC(=O)OCc1ccccc1.O=C(O)[C@@H]1CCCN1.O=[N+]([O-])Nc1ccccc1. The van der Waals surface area contributed by atoms with E-state index in [1.165, 1.54) is 0 Å². The molecule has 2 aromatic rings. The number of para-hydroxylation sites is 1. The lowest BCUT2D eigenvalue weighted by Crippen LogP contribution is -2.30. The van der Waals surface area contributed by atoms with Gasteiger partial charge in [0.05, 0.1) is 0 Å². The third-order valence-electron chi connectivity index (χ3n) is 5.23. The van der Waals surface area contributed by atoms with Crippen molar-refractivity contribution in [1.29, 1.82) is 0 Å². The molecule has 0 aliphatic carbocycles. The van der Waals surface area contributed by atoms with Gasteiger partial charge in [0.15, 0.2) is 11.0 Å². The summed E-state index contributed by atoms with van der Waals surface area (Å²) < 4.78 is 4.77. The van der Waals surface area contributed by atoms with E-state index in [1.807, 2.05) is 35.8 Å². The molecule has 0 bridgehead atoms. The van der Waals surface area contributed by atoms with E-state index in [0.29, 0.717) is 25.1 Å². The van der Waals surface area contributed by atoms with Crippen molar-refractivity contribution in [3.8, 4) is 0 Å². The maximum absolute atomic E-state index is 10.9. The Balaban J connectivity index is 0.000000588. The van der Waals surface area contributed by atoms with Gasteiger partial charge in [-0.2, -0.15) is 0 Å². The van der Waals surface area contributed by atoms with Crippen molar-refractivity contribution in [2.45, 2.75) is 44.4 Å². The van der Waals surface area contributed by atoms with E-state index in [9.17, 15) is 29.3 Å². The second-order valence-corrected chi connectivity index (χ2v) is 8.92. The molecule has 0 unspecified atom stereocenters. The summed E-state index contributed by atoms with van der Waals surface area (Å²) in [4.78, 5) is 54.9. The first-order valence-electron chi connectivity index (χ1n) is 13.4. The van der Waals surface area contributed by atoms with Crippen LogP contribution >= 0.6 is 0 Å². The first-order valence-corrected chi connectivity index (χ1v) is 13.4. The lowest BCUT2D eigenvalue weighted by molar-refractivity contribution is -0.445. The van der Waals surface area contributed by atoms with Crippen LogP contribution in [0.15, 0.2) is 65.7 Å². The number of nitro groups is 1. The summed E-state index contributed by atoms with van der Waals surface area (Å²) >= 11 is 0. The Bertz CT molecular complexity index is 1190. The zero-order valence-corrected chi connectivity index (χ0v) is 24.4. The first kappa shape index (κ1) is 39.5. The van der Waals surface area contributed by atoms with Crippen molar-refractivity contribution >= 4 is 35.6 Å². The largest absolute Gasteiger partial charge is 0.480 e. The molecule has 3 rings (SSSR count). The average Bonchev–Trinajstić information content (AvgIpc) is 3.55. The molecule has 0 aromatic heterocycles. The topological polar surface area (TPSA) is 308 Å². The van der Waals surface area contributed by atoms with Crippen LogP contribution in [0.1, 0.15) is 31.2 Å². The maximum Gasteiger partial charge on any atom is 0.407 e. The van der Waals surface area contributed by atoms with Crippen molar-refractivity contribution in [3.05, 3.63) is 76.3 Å². The molecule has 1 saturated heterocycles. The minimum atomic E-state index is -1.10. The van der Waals surface area contributed by atoms with Crippen molar-refractivity contribution in [2.24, 2.45) is 22.2 Å². The van der Waals surface area contributed by atoms with Gasteiger partial charge in [0.1, 0.15) is 30.9 Å². The summed E-state index contributed by atoms with van der Waals surface area (Å²) in [5, 5.41) is 39.2. The Labute approximate surface area is 258 Å². The molecule has 12 N–H and O–H groups in total. The summed E-state index contributed by atoms with van der Waals surface area (Å²) in [5.74, 6) is -2.81. The maximum atomic E-state index is 10.9. The fourth-order valence-electron chi connectivity index (χ4n) is 3.08. The van der Waals surface area contributed by atoms with E-state index in [-0.39, 0.29) is 18.6 Å². The van der Waals surface area contributed by atoms with Gasteiger partial charge in [0.2, 0.25) is 0 Å². The molecule has 0 saturated carbocycles. The van der Waals surface area contributed by atoms with Crippen LogP contribution in [0.3, 0.4) is 0 Å². The standard InChI is InChI=1S/C10H11NO4.C6H14N4O2.C6H6N2O2.C5H9NO2/c12-9(13)6-11-10(14)15-7-8-4-2-1-3-5-8;7-4(5(11)12)2-1-3-10-6(8)9;9-8(10)7-6-4-2-1-3-5-6;7-5(8)4-2-1-3-6-4/h1-5H,6-7H2,(H,11,14)(H,12,13);4H,1-3,7H2,(H,11,12)(H4,8,9,10);1-5,7H;4,6H,1-3H2,(H,7,8)/t;4-;;4-/m.0.0/s1. The number of aliphatic carboxylic acids is 3. The molecule has 18 heteroatoms. The molecule has 1 heterocycles. The van der Waals surface area contributed by atoms with Gasteiger partial charge < -0.3 is 47.9 Å². The van der Waals surface area contributed by atoms with Crippen LogP contribution in [-0.2, 0) is 25.7 Å². The Morgan fingerprint density at radius 3 is 2.09 bits per heavy atom. The normalized spacial score (nSPS) is 13.3. The number of rotatable bonds is 12. The van der Waals surface area contributed by atoms with Crippen molar-refractivity contribution in [2.75, 3.05) is 25.1 Å². The van der Waals surface area contributed by atoms with Gasteiger partial charge in [0, 0.05) is 6.54 Å². The van der Waals surface area contributed by atoms with Crippen molar-refractivity contribution in [3.63, 3.8) is 0 Å². The second kappa shape index (κ2) is 24.0. The average molecular weight is 637 g/mol. The fraction of sp³-hybridized carbons (Fsp3) is 0.370. The number of guanidine groups is 1. The molecule has 45 heavy (non-hydrogen) atoms. The number of nitrogens with two attached hydrogens (primary N) is 3. The van der Waals surface area contributed by atoms with Gasteiger partial charge in [-0.05, 0) is 49.9 Å². The number of hydrogen-bond acceptors (Lipinski definition) is 10. The number of aliphatic imine (C=N–C) groups is 1. The number of nitrogens with one attached hydrogen (secondary N) is 3. The van der Waals surface area contributed by atoms with Crippen LogP contribution in [-0.4, -0.2) is 82.0 Å². The monoisotopic (exact) mass is 636 g/mol. The zero-order chi connectivity index (χ0) is 34.0. The number of amides is 1. The number of anilines is 1. The molecular weight excluding hydrogens is 596 g/mol. The van der Waals surface area contributed by atoms with Gasteiger partial charge in [-0.15, -0.1) is 5.43 Å². The lowest BCUT2D eigenvalue weighted by atomic mass is 10.2. The number of carbonyl (C=O) groups is 4. The van der Waals surface area contributed by atoms with Crippen LogP contribution in [0.25, 0.3) is 0 Å². The van der Waals surface area contributed by atoms with E-state index in [1.54, 1.807) is 30.3 Å². The minimum absolute atomic E-state index is 0.0129. The molecule has 2 aromatic carbocycles. The third kappa shape index (κ3) is 23.7. The molecule has 248 valence electrons. The lowest BCUT2D eigenvalue weighted by Gasteiger charge is -2.04. The summed E-state index contributed by atoms with van der Waals surface area (Å²) in [6.07, 6.45) is 2.00.